The second kappa shape index (κ2) is 9.66. The lowest BCUT2D eigenvalue weighted by Gasteiger charge is -2.24. The van der Waals surface area contributed by atoms with E-state index in [0.29, 0.717) is 23.3 Å². The summed E-state index contributed by atoms with van der Waals surface area (Å²) in [5.74, 6) is 0.205. The Kier molecular flexibility index (Phi) is 6.59. The minimum Gasteiger partial charge on any atom is -0.505 e. The summed E-state index contributed by atoms with van der Waals surface area (Å²) >= 11 is 0. The van der Waals surface area contributed by atoms with Crippen LogP contribution >= 0.6 is 0 Å². The number of halogens is 3. The first-order valence-corrected chi connectivity index (χ1v) is 12.3. The number of nitrogens with one attached hydrogen (secondary N) is 1. The maximum absolute atomic E-state index is 13.2. The summed E-state index contributed by atoms with van der Waals surface area (Å²) in [5.41, 5.74) is 3.76. The predicted molar refractivity (Wildman–Crippen MR) is 132 cm³/mol. The van der Waals surface area contributed by atoms with E-state index in [-0.39, 0.29) is 11.3 Å². The van der Waals surface area contributed by atoms with Crippen LogP contribution in [0.5, 0.6) is 5.75 Å². The van der Waals surface area contributed by atoms with Crippen LogP contribution in [0.1, 0.15) is 47.9 Å². The lowest BCUT2D eigenvalue weighted by atomic mass is 9.99. The molecule has 0 bridgehead atoms. The fourth-order valence-electron chi connectivity index (χ4n) is 5.25. The molecule has 5 rings (SSSR count). The number of nitrogens with zero attached hydrogens (tertiary/aromatic N) is 3. The van der Waals surface area contributed by atoms with E-state index in [1.54, 1.807) is 6.07 Å². The normalized spacial score (nSPS) is 17.5. The van der Waals surface area contributed by atoms with E-state index < -0.39 is 11.7 Å². The summed E-state index contributed by atoms with van der Waals surface area (Å²) in [7, 11) is 0. The Morgan fingerprint density at radius 1 is 0.914 bits per heavy atom. The second-order valence-electron chi connectivity index (χ2n) is 9.72. The Balaban J connectivity index is 1.54. The zero-order valence-electron chi connectivity index (χ0n) is 20.0. The molecule has 3 heterocycles. The summed E-state index contributed by atoms with van der Waals surface area (Å²) < 4.78 is 39.6. The van der Waals surface area contributed by atoms with Crippen LogP contribution in [0, 0.1) is 6.92 Å². The molecule has 0 saturated carbocycles. The van der Waals surface area contributed by atoms with Gasteiger partial charge in [0.2, 0.25) is 0 Å². The number of hydrogen-bond acceptors (Lipinski definition) is 5. The number of phenolic OH excluding ortho intramolecular Hbond substituents is 1. The molecule has 2 fully saturated rings. The van der Waals surface area contributed by atoms with Crippen molar-refractivity contribution in [3.8, 4) is 5.75 Å². The van der Waals surface area contributed by atoms with E-state index in [1.165, 1.54) is 43.5 Å². The predicted octanol–water partition coefficient (Wildman–Crippen LogP) is 6.20. The Labute approximate surface area is 203 Å². The highest BCUT2D eigenvalue weighted by molar-refractivity contribution is 5.94. The van der Waals surface area contributed by atoms with Crippen molar-refractivity contribution in [2.45, 2.75) is 51.9 Å². The number of anilines is 2. The van der Waals surface area contributed by atoms with Gasteiger partial charge in [0.05, 0.1) is 16.8 Å². The standard InChI is InChI=1S/C27H31F3N4O/c1-18-19(16-33-10-2-3-11-33)14-20(17-34-12-4-5-13-34)26(35)25(18)32-23-8-9-31-24-15-21(27(28,29)30)6-7-22(23)24/h6-9,14-15,35H,2-5,10-13,16-17H2,1H3,(H,31,32). The van der Waals surface area contributed by atoms with Crippen LogP contribution in [0.3, 0.4) is 0 Å². The minimum absolute atomic E-state index is 0.205. The van der Waals surface area contributed by atoms with E-state index in [4.69, 9.17) is 0 Å². The van der Waals surface area contributed by atoms with E-state index >= 15 is 0 Å². The lowest BCUT2D eigenvalue weighted by molar-refractivity contribution is -0.137. The molecule has 0 spiro atoms. The quantitative estimate of drug-likeness (QED) is 0.408. The number of phenols is 1. The maximum atomic E-state index is 13.2. The van der Waals surface area contributed by atoms with Gasteiger partial charge in [-0.2, -0.15) is 13.2 Å². The third-order valence-corrected chi connectivity index (χ3v) is 7.26. The number of fused-ring (bicyclic) bond motifs is 1. The SMILES string of the molecule is Cc1c(CN2CCCC2)cc(CN2CCCC2)c(O)c1Nc1ccnc2cc(C(F)(F)F)ccc12. The summed E-state index contributed by atoms with van der Waals surface area (Å²) in [6.45, 7) is 7.68. The van der Waals surface area contributed by atoms with Crippen molar-refractivity contribution in [3.63, 3.8) is 0 Å². The molecule has 2 aromatic carbocycles. The molecule has 2 saturated heterocycles. The average molecular weight is 485 g/mol. The molecule has 186 valence electrons. The van der Waals surface area contributed by atoms with Gasteiger partial charge in [0.25, 0.3) is 0 Å². The first kappa shape index (κ1) is 23.9. The largest absolute Gasteiger partial charge is 0.505 e. The van der Waals surface area contributed by atoms with Crippen molar-refractivity contribution in [2.75, 3.05) is 31.5 Å². The van der Waals surface area contributed by atoms with Gasteiger partial charge in [-0.15, -0.1) is 0 Å². The lowest BCUT2D eigenvalue weighted by Crippen LogP contribution is -2.21. The summed E-state index contributed by atoms with van der Waals surface area (Å²) in [6, 6.07) is 7.45. The minimum atomic E-state index is -4.43. The van der Waals surface area contributed by atoms with Crippen molar-refractivity contribution < 1.29 is 18.3 Å². The molecule has 0 amide bonds. The molecule has 2 aliphatic heterocycles. The number of aromatic nitrogens is 1. The van der Waals surface area contributed by atoms with Crippen molar-refractivity contribution in [1.29, 1.82) is 0 Å². The molecule has 3 aromatic rings. The van der Waals surface area contributed by atoms with Crippen LogP contribution in [0.4, 0.5) is 24.5 Å². The second-order valence-corrected chi connectivity index (χ2v) is 9.72. The first-order valence-electron chi connectivity index (χ1n) is 12.3. The summed E-state index contributed by atoms with van der Waals surface area (Å²) in [5, 5.41) is 15.3. The van der Waals surface area contributed by atoms with E-state index in [0.717, 1.165) is 56.0 Å². The number of aromatic hydroxyl groups is 1. The Bertz CT molecular complexity index is 1170. The van der Waals surface area contributed by atoms with Crippen LogP contribution in [0.25, 0.3) is 10.9 Å². The number of hydrogen-bond donors (Lipinski definition) is 2. The van der Waals surface area contributed by atoms with Gasteiger partial charge in [-0.05, 0) is 94.2 Å². The van der Waals surface area contributed by atoms with Gasteiger partial charge in [0, 0.05) is 35.9 Å². The van der Waals surface area contributed by atoms with Crippen molar-refractivity contribution >= 4 is 22.3 Å². The van der Waals surface area contributed by atoms with Gasteiger partial charge in [0.15, 0.2) is 0 Å². The van der Waals surface area contributed by atoms with Gasteiger partial charge in [-0.1, -0.05) is 6.07 Å². The Morgan fingerprint density at radius 2 is 1.54 bits per heavy atom. The monoisotopic (exact) mass is 484 g/mol. The number of pyridine rings is 1. The van der Waals surface area contributed by atoms with Gasteiger partial charge in [-0.25, -0.2) is 0 Å². The van der Waals surface area contributed by atoms with Crippen LogP contribution in [0.15, 0.2) is 36.5 Å². The molecule has 1 aromatic heterocycles. The van der Waals surface area contributed by atoms with Crippen LogP contribution < -0.4 is 5.32 Å². The molecular weight excluding hydrogens is 453 g/mol. The molecule has 0 aliphatic carbocycles. The van der Waals surface area contributed by atoms with Crippen molar-refractivity contribution in [2.24, 2.45) is 0 Å². The van der Waals surface area contributed by atoms with Gasteiger partial charge in [0.1, 0.15) is 5.75 Å². The van der Waals surface area contributed by atoms with Crippen molar-refractivity contribution in [3.05, 3.63) is 58.8 Å². The number of rotatable bonds is 6. The molecule has 0 radical (unpaired) electrons. The first-order chi connectivity index (χ1) is 16.8. The fraction of sp³-hybridized carbons (Fsp3) is 0.444. The number of benzene rings is 2. The van der Waals surface area contributed by atoms with E-state index in [1.807, 2.05) is 6.92 Å². The average Bonchev–Trinajstić information content (AvgIpc) is 3.53. The van der Waals surface area contributed by atoms with Crippen LogP contribution in [-0.2, 0) is 19.3 Å². The smallest absolute Gasteiger partial charge is 0.416 e. The third-order valence-electron chi connectivity index (χ3n) is 7.26. The molecule has 2 aliphatic rings. The number of alkyl halides is 3. The molecule has 0 atom stereocenters. The van der Waals surface area contributed by atoms with Gasteiger partial charge in [-0.3, -0.25) is 14.8 Å². The molecule has 0 unspecified atom stereocenters. The van der Waals surface area contributed by atoms with Crippen molar-refractivity contribution in [1.82, 2.24) is 14.8 Å². The molecule has 2 N–H and O–H groups in total. The highest BCUT2D eigenvalue weighted by Gasteiger charge is 2.31. The topological polar surface area (TPSA) is 51.6 Å². The van der Waals surface area contributed by atoms with Gasteiger partial charge >= 0.3 is 6.18 Å². The third kappa shape index (κ3) is 5.09. The Hall–Kier alpha value is -2.84. The highest BCUT2D eigenvalue weighted by Crippen LogP contribution is 2.40. The van der Waals surface area contributed by atoms with Gasteiger partial charge < -0.3 is 10.4 Å². The molecule has 5 nitrogen and oxygen atoms in total. The van der Waals surface area contributed by atoms with E-state index in [2.05, 4.69) is 26.2 Å². The zero-order chi connectivity index (χ0) is 24.6. The Morgan fingerprint density at radius 3 is 2.17 bits per heavy atom. The summed E-state index contributed by atoms with van der Waals surface area (Å²) in [6.07, 6.45) is 1.80. The maximum Gasteiger partial charge on any atom is 0.416 e. The highest BCUT2D eigenvalue weighted by atomic mass is 19.4. The number of likely N-dealkylation sites (tertiary alicyclic amines) is 2. The molecular formula is C27H31F3N4O. The molecule has 35 heavy (non-hydrogen) atoms. The fourth-order valence-corrected chi connectivity index (χ4v) is 5.25. The van der Waals surface area contributed by atoms with E-state index in [9.17, 15) is 18.3 Å². The van der Waals surface area contributed by atoms with Crippen LogP contribution in [0.2, 0.25) is 0 Å². The summed E-state index contributed by atoms with van der Waals surface area (Å²) in [4.78, 5) is 8.95. The zero-order valence-corrected chi connectivity index (χ0v) is 20.0. The molecule has 8 heteroatoms. The van der Waals surface area contributed by atoms with Crippen LogP contribution in [-0.4, -0.2) is 46.1 Å².